The van der Waals surface area contributed by atoms with Crippen LogP contribution in [-0.4, -0.2) is 32.4 Å². The number of rotatable bonds is 3. The normalized spacial score (nSPS) is 14.6. The molecular formula is C18H20F3N3O3. The molecule has 0 saturated heterocycles. The van der Waals surface area contributed by atoms with Gasteiger partial charge in [0.25, 0.3) is 0 Å². The molecule has 1 aromatic carbocycles. The van der Waals surface area contributed by atoms with E-state index in [0.29, 0.717) is 30.8 Å². The minimum Gasteiger partial charge on any atom is -0.445 e. The Bertz CT molecular complexity index is 833. The Balaban J connectivity index is 1.66. The highest BCUT2D eigenvalue weighted by Crippen LogP contribution is 2.30. The number of benzene rings is 1. The first-order chi connectivity index (χ1) is 12.8. The van der Waals surface area contributed by atoms with Gasteiger partial charge in [-0.1, -0.05) is 11.6 Å². The number of aliphatic hydroxyl groups is 1. The van der Waals surface area contributed by atoms with Gasteiger partial charge in [0.15, 0.2) is 0 Å². The number of aliphatic hydroxyl groups excluding tert-OH is 1. The topological polar surface area (TPSA) is 67.6 Å². The van der Waals surface area contributed by atoms with Crippen molar-refractivity contribution >= 4 is 6.09 Å². The van der Waals surface area contributed by atoms with Crippen molar-refractivity contribution in [2.75, 3.05) is 6.54 Å². The number of hydrogen-bond acceptors (Lipinski definition) is 4. The molecule has 3 rings (SSSR count). The van der Waals surface area contributed by atoms with Gasteiger partial charge in [0.05, 0.1) is 30.1 Å². The molecule has 0 fully saturated rings. The van der Waals surface area contributed by atoms with E-state index in [-0.39, 0.29) is 25.3 Å². The Hall–Kier alpha value is -2.55. The van der Waals surface area contributed by atoms with Gasteiger partial charge in [-0.2, -0.15) is 18.3 Å². The first kappa shape index (κ1) is 19.2. The number of halogens is 3. The quantitative estimate of drug-likeness (QED) is 0.884. The monoisotopic (exact) mass is 383 g/mol. The van der Waals surface area contributed by atoms with E-state index in [2.05, 4.69) is 5.10 Å². The van der Waals surface area contributed by atoms with Gasteiger partial charge < -0.3 is 14.7 Å². The molecule has 1 aliphatic rings. The molecule has 1 aromatic heterocycles. The number of fused-ring (bicyclic) bond motifs is 1. The molecule has 0 bridgehead atoms. The molecule has 9 heteroatoms. The molecule has 2 aromatic rings. The van der Waals surface area contributed by atoms with Crippen LogP contribution >= 0.6 is 0 Å². The molecule has 6 nitrogen and oxygen atoms in total. The van der Waals surface area contributed by atoms with E-state index < -0.39 is 17.8 Å². The lowest BCUT2D eigenvalue weighted by Gasteiger charge is -2.20. The summed E-state index contributed by atoms with van der Waals surface area (Å²) in [6, 6.07) is 5.33. The molecule has 1 amide bonds. The number of carbonyl (C=O) groups is 1. The van der Waals surface area contributed by atoms with E-state index in [1.165, 1.54) is 4.90 Å². The summed E-state index contributed by atoms with van der Waals surface area (Å²) >= 11 is 0. The summed E-state index contributed by atoms with van der Waals surface area (Å²) in [7, 11) is 0. The SMILES string of the molecule is Cc1cc(COC(=O)N2CCCn3nc(CO)cc3C2)cc(C(F)(F)F)c1. The van der Waals surface area contributed by atoms with Crippen molar-refractivity contribution in [3.8, 4) is 0 Å². The zero-order valence-corrected chi connectivity index (χ0v) is 14.8. The zero-order chi connectivity index (χ0) is 19.6. The Morgan fingerprint density at radius 1 is 1.26 bits per heavy atom. The maximum atomic E-state index is 12.9. The second-order valence-corrected chi connectivity index (χ2v) is 6.54. The smallest absolute Gasteiger partial charge is 0.416 e. The Kier molecular flexibility index (Phi) is 5.41. The Labute approximate surface area is 154 Å². The number of aryl methyl sites for hydroxylation is 2. The second-order valence-electron chi connectivity index (χ2n) is 6.54. The molecule has 0 radical (unpaired) electrons. The van der Waals surface area contributed by atoms with Crippen LogP contribution in [0.4, 0.5) is 18.0 Å². The van der Waals surface area contributed by atoms with Crippen LogP contribution in [-0.2, 0) is 37.2 Å². The van der Waals surface area contributed by atoms with E-state index in [1.807, 2.05) is 0 Å². The average Bonchev–Trinajstić information content (AvgIpc) is 2.89. The highest BCUT2D eigenvalue weighted by molar-refractivity contribution is 5.67. The Morgan fingerprint density at radius 2 is 2.04 bits per heavy atom. The molecule has 27 heavy (non-hydrogen) atoms. The van der Waals surface area contributed by atoms with Crippen LogP contribution in [0.25, 0.3) is 0 Å². The first-order valence-corrected chi connectivity index (χ1v) is 8.52. The van der Waals surface area contributed by atoms with Gasteiger partial charge in [0.2, 0.25) is 0 Å². The maximum Gasteiger partial charge on any atom is 0.416 e. The number of ether oxygens (including phenoxy) is 1. The predicted molar refractivity (Wildman–Crippen MR) is 89.5 cm³/mol. The van der Waals surface area contributed by atoms with E-state index in [9.17, 15) is 23.1 Å². The van der Waals surface area contributed by atoms with Crippen LogP contribution in [0.2, 0.25) is 0 Å². The van der Waals surface area contributed by atoms with Gasteiger partial charge in [0.1, 0.15) is 6.61 Å². The predicted octanol–water partition coefficient (Wildman–Crippen LogP) is 3.25. The molecule has 0 unspecified atom stereocenters. The van der Waals surface area contributed by atoms with Crippen molar-refractivity contribution in [3.63, 3.8) is 0 Å². The highest BCUT2D eigenvalue weighted by Gasteiger charge is 2.31. The summed E-state index contributed by atoms with van der Waals surface area (Å²) in [5.74, 6) is 0. The number of hydrogen-bond donors (Lipinski definition) is 1. The lowest BCUT2D eigenvalue weighted by atomic mass is 10.1. The van der Waals surface area contributed by atoms with Gasteiger partial charge >= 0.3 is 12.3 Å². The van der Waals surface area contributed by atoms with Crippen LogP contribution in [0.5, 0.6) is 0 Å². The largest absolute Gasteiger partial charge is 0.445 e. The molecule has 1 aliphatic heterocycles. The van der Waals surface area contributed by atoms with Crippen LogP contribution in [0.3, 0.4) is 0 Å². The molecule has 1 N–H and O–H groups in total. The number of carbonyl (C=O) groups excluding carboxylic acids is 1. The third kappa shape index (κ3) is 4.60. The number of alkyl halides is 3. The molecular weight excluding hydrogens is 363 g/mol. The maximum absolute atomic E-state index is 12.9. The van der Waals surface area contributed by atoms with Crippen LogP contribution in [0, 0.1) is 6.92 Å². The molecule has 146 valence electrons. The van der Waals surface area contributed by atoms with E-state index in [4.69, 9.17) is 4.74 Å². The lowest BCUT2D eigenvalue weighted by molar-refractivity contribution is -0.137. The number of amides is 1. The fourth-order valence-electron chi connectivity index (χ4n) is 3.10. The van der Waals surface area contributed by atoms with Gasteiger partial charge in [-0.05, 0) is 37.1 Å². The summed E-state index contributed by atoms with van der Waals surface area (Å²) in [5, 5.41) is 13.4. The van der Waals surface area contributed by atoms with Crippen LogP contribution in [0.1, 0.15) is 34.5 Å². The van der Waals surface area contributed by atoms with Gasteiger partial charge in [0, 0.05) is 13.1 Å². The molecule has 2 heterocycles. The zero-order valence-electron chi connectivity index (χ0n) is 14.8. The highest BCUT2D eigenvalue weighted by atomic mass is 19.4. The summed E-state index contributed by atoms with van der Waals surface area (Å²) in [6.45, 7) is 2.49. The molecule has 0 spiro atoms. The minimum absolute atomic E-state index is 0.181. The average molecular weight is 383 g/mol. The lowest BCUT2D eigenvalue weighted by Crippen LogP contribution is -2.31. The third-order valence-corrected chi connectivity index (χ3v) is 4.31. The fraction of sp³-hybridized carbons (Fsp3) is 0.444. The fourth-order valence-corrected chi connectivity index (χ4v) is 3.10. The first-order valence-electron chi connectivity index (χ1n) is 8.52. The van der Waals surface area contributed by atoms with Crippen molar-refractivity contribution in [1.82, 2.24) is 14.7 Å². The minimum atomic E-state index is -4.45. The standard InChI is InChI=1S/C18H20F3N3O3/c1-12-5-13(7-14(6-12)18(19,20)21)11-27-17(26)23-3-2-4-24-16(9-23)8-15(10-25)22-24/h5-8,25H,2-4,9-11H2,1H3. The second kappa shape index (κ2) is 7.59. The number of nitrogens with zero attached hydrogens (tertiary/aromatic N) is 3. The van der Waals surface area contributed by atoms with Crippen molar-refractivity contribution in [2.24, 2.45) is 0 Å². The van der Waals surface area contributed by atoms with Crippen LogP contribution in [0.15, 0.2) is 24.3 Å². The van der Waals surface area contributed by atoms with E-state index in [0.717, 1.165) is 17.8 Å². The van der Waals surface area contributed by atoms with Crippen LogP contribution < -0.4 is 0 Å². The summed E-state index contributed by atoms with van der Waals surface area (Å²) in [5.41, 5.74) is 1.29. The van der Waals surface area contributed by atoms with Gasteiger partial charge in [-0.25, -0.2) is 4.79 Å². The van der Waals surface area contributed by atoms with E-state index >= 15 is 0 Å². The van der Waals surface area contributed by atoms with Crippen molar-refractivity contribution in [3.05, 3.63) is 52.3 Å². The summed E-state index contributed by atoms with van der Waals surface area (Å²) in [4.78, 5) is 13.9. The van der Waals surface area contributed by atoms with Crippen molar-refractivity contribution < 1.29 is 27.8 Å². The third-order valence-electron chi connectivity index (χ3n) is 4.31. The summed E-state index contributed by atoms with van der Waals surface area (Å²) < 4.78 is 45.7. The number of aromatic nitrogens is 2. The van der Waals surface area contributed by atoms with Crippen molar-refractivity contribution in [2.45, 2.75) is 45.8 Å². The van der Waals surface area contributed by atoms with Gasteiger partial charge in [-0.3, -0.25) is 4.68 Å². The van der Waals surface area contributed by atoms with Crippen molar-refractivity contribution in [1.29, 1.82) is 0 Å². The van der Waals surface area contributed by atoms with E-state index in [1.54, 1.807) is 23.7 Å². The van der Waals surface area contributed by atoms with Gasteiger partial charge in [-0.15, -0.1) is 0 Å². The summed E-state index contributed by atoms with van der Waals surface area (Å²) in [6.07, 6.45) is -4.37. The molecule has 0 saturated carbocycles. The molecule has 0 atom stereocenters. The molecule has 0 aliphatic carbocycles. The Morgan fingerprint density at radius 3 is 2.74 bits per heavy atom.